The van der Waals surface area contributed by atoms with E-state index < -0.39 is 0 Å². The highest BCUT2D eigenvalue weighted by molar-refractivity contribution is 6.01. The fourth-order valence-electron chi connectivity index (χ4n) is 5.17. The van der Waals surface area contributed by atoms with E-state index >= 15 is 0 Å². The van der Waals surface area contributed by atoms with Crippen LogP contribution in [0.3, 0.4) is 0 Å². The highest BCUT2D eigenvalue weighted by atomic mass is 16.5. The summed E-state index contributed by atoms with van der Waals surface area (Å²) >= 11 is 0. The molecule has 2 N–H and O–H groups in total. The number of fused-ring (bicyclic) bond motifs is 2. The van der Waals surface area contributed by atoms with Gasteiger partial charge in [-0.3, -0.25) is 9.59 Å². The van der Waals surface area contributed by atoms with Gasteiger partial charge in [0, 0.05) is 44.8 Å². The number of hydrogen-bond acceptors (Lipinski definition) is 6. The van der Waals surface area contributed by atoms with Crippen LogP contribution in [-0.2, 0) is 6.54 Å². The molecular formula is C28H30N6O3. The minimum Gasteiger partial charge on any atom is -0.451 e. The molecule has 4 heterocycles. The first-order chi connectivity index (χ1) is 18.2. The number of amides is 1. The van der Waals surface area contributed by atoms with Gasteiger partial charge in [0.05, 0.1) is 23.1 Å². The number of ether oxygens (including phenoxy) is 1. The van der Waals surface area contributed by atoms with Crippen molar-refractivity contribution in [1.82, 2.24) is 24.3 Å². The molecule has 190 valence electrons. The lowest BCUT2D eigenvalue weighted by Gasteiger charge is -2.26. The average Bonchev–Trinajstić information content (AvgIpc) is 3.63. The van der Waals surface area contributed by atoms with E-state index in [0.29, 0.717) is 28.9 Å². The molecule has 9 nitrogen and oxygen atoms in total. The Hall–Kier alpha value is -4.11. The van der Waals surface area contributed by atoms with Crippen LogP contribution in [0.1, 0.15) is 29.6 Å². The van der Waals surface area contributed by atoms with Gasteiger partial charge in [-0.05, 0) is 56.6 Å². The zero-order chi connectivity index (χ0) is 25.2. The van der Waals surface area contributed by atoms with Crippen molar-refractivity contribution in [1.29, 1.82) is 0 Å². The second-order valence-corrected chi connectivity index (χ2v) is 9.54. The van der Waals surface area contributed by atoms with Crippen molar-refractivity contribution in [3.63, 3.8) is 0 Å². The van der Waals surface area contributed by atoms with Crippen molar-refractivity contribution in [3.05, 3.63) is 77.1 Å². The summed E-state index contributed by atoms with van der Waals surface area (Å²) in [5.41, 5.74) is 2.11. The fraction of sp³-hybridized carbons (Fsp3) is 0.321. The number of aryl methyl sites for hydroxylation is 1. The van der Waals surface area contributed by atoms with Crippen LogP contribution in [0.15, 0.2) is 66.1 Å². The number of anilines is 1. The van der Waals surface area contributed by atoms with E-state index in [1.165, 1.54) is 12.8 Å². The molecule has 0 radical (unpaired) electrons. The maximum atomic E-state index is 13.5. The molecule has 0 bridgehead atoms. The molecule has 1 amide bonds. The second-order valence-electron chi connectivity index (χ2n) is 9.54. The molecule has 2 aliphatic rings. The van der Waals surface area contributed by atoms with Gasteiger partial charge in [0.1, 0.15) is 11.1 Å². The normalized spacial score (nSPS) is 14.4. The zero-order valence-corrected chi connectivity index (χ0v) is 20.7. The molecule has 2 aromatic heterocycles. The molecule has 1 saturated heterocycles. The van der Waals surface area contributed by atoms with Crippen LogP contribution < -0.4 is 20.8 Å². The quantitative estimate of drug-likeness (QED) is 0.302. The predicted octanol–water partition coefficient (Wildman–Crippen LogP) is 3.62. The van der Waals surface area contributed by atoms with Gasteiger partial charge in [-0.15, -0.1) is 0 Å². The number of hydrogen-bond donors (Lipinski definition) is 2. The van der Waals surface area contributed by atoms with E-state index in [4.69, 9.17) is 4.74 Å². The van der Waals surface area contributed by atoms with Gasteiger partial charge in [0.2, 0.25) is 5.43 Å². The van der Waals surface area contributed by atoms with E-state index in [2.05, 4.69) is 20.5 Å². The summed E-state index contributed by atoms with van der Waals surface area (Å²) in [5.74, 6) is 0.923. The van der Waals surface area contributed by atoms with Crippen molar-refractivity contribution >= 4 is 22.5 Å². The third kappa shape index (κ3) is 4.58. The van der Waals surface area contributed by atoms with Gasteiger partial charge in [-0.2, -0.15) is 0 Å². The number of nitrogens with one attached hydrogen (secondary N) is 2. The van der Waals surface area contributed by atoms with Crippen LogP contribution in [0.4, 0.5) is 5.69 Å². The van der Waals surface area contributed by atoms with Crippen LogP contribution in [0.2, 0.25) is 0 Å². The Bertz CT molecular complexity index is 1490. The number of nitrogens with zero attached hydrogens (tertiary/aromatic N) is 4. The Morgan fingerprint density at radius 2 is 1.92 bits per heavy atom. The Morgan fingerprint density at radius 1 is 1.05 bits per heavy atom. The van der Waals surface area contributed by atoms with Gasteiger partial charge < -0.3 is 29.4 Å². The molecular weight excluding hydrogens is 468 g/mol. The van der Waals surface area contributed by atoms with Crippen molar-refractivity contribution in [3.8, 4) is 17.2 Å². The molecule has 0 atom stereocenters. The van der Waals surface area contributed by atoms with Crippen molar-refractivity contribution in [2.45, 2.75) is 25.8 Å². The smallest absolute Gasteiger partial charge is 0.256 e. The first-order valence-electron chi connectivity index (χ1n) is 12.9. The van der Waals surface area contributed by atoms with Crippen LogP contribution >= 0.6 is 0 Å². The lowest BCUT2D eigenvalue weighted by atomic mass is 10.1. The van der Waals surface area contributed by atoms with Crippen LogP contribution in [0.5, 0.6) is 11.5 Å². The second kappa shape index (κ2) is 10.1. The number of pyridine rings is 1. The van der Waals surface area contributed by atoms with Gasteiger partial charge in [-0.1, -0.05) is 12.1 Å². The molecule has 37 heavy (non-hydrogen) atoms. The van der Waals surface area contributed by atoms with Gasteiger partial charge in [0.25, 0.3) is 5.91 Å². The number of para-hydroxylation sites is 2. The monoisotopic (exact) mass is 498 g/mol. The lowest BCUT2D eigenvalue weighted by Crippen LogP contribution is -2.36. The molecule has 9 heteroatoms. The third-order valence-electron chi connectivity index (χ3n) is 7.08. The maximum absolute atomic E-state index is 13.5. The summed E-state index contributed by atoms with van der Waals surface area (Å²) in [6.45, 7) is 5.02. The van der Waals surface area contributed by atoms with E-state index in [-0.39, 0.29) is 16.9 Å². The van der Waals surface area contributed by atoms with E-state index in [9.17, 15) is 9.59 Å². The van der Waals surface area contributed by atoms with Gasteiger partial charge in [0.15, 0.2) is 11.5 Å². The number of carbonyl (C=O) groups is 1. The molecule has 1 fully saturated rings. The Morgan fingerprint density at radius 3 is 2.76 bits per heavy atom. The third-order valence-corrected chi connectivity index (χ3v) is 7.08. The van der Waals surface area contributed by atoms with E-state index in [1.807, 2.05) is 45.7 Å². The SMILES string of the molecule is O=C(NCCN1CCCC1)c1cn2c3c(c(NCCCn4ccnc4)ccc3c1=O)Oc1ccccc1-2. The minimum absolute atomic E-state index is 0.137. The first kappa shape index (κ1) is 23.3. The predicted molar refractivity (Wildman–Crippen MR) is 143 cm³/mol. The molecule has 0 unspecified atom stereocenters. The van der Waals surface area contributed by atoms with Gasteiger partial charge in [-0.25, -0.2) is 4.98 Å². The first-order valence-corrected chi connectivity index (χ1v) is 12.9. The Labute approximate surface area is 214 Å². The molecule has 0 aliphatic carbocycles. The molecule has 0 spiro atoms. The highest BCUT2D eigenvalue weighted by Gasteiger charge is 2.26. The number of rotatable bonds is 9. The summed E-state index contributed by atoms with van der Waals surface area (Å²) in [5, 5.41) is 6.88. The zero-order valence-electron chi connectivity index (χ0n) is 20.7. The highest BCUT2D eigenvalue weighted by Crippen LogP contribution is 2.43. The fourth-order valence-corrected chi connectivity index (χ4v) is 5.17. The largest absolute Gasteiger partial charge is 0.451 e. The Balaban J connectivity index is 1.30. The summed E-state index contributed by atoms with van der Waals surface area (Å²) in [7, 11) is 0. The van der Waals surface area contributed by atoms with E-state index in [1.54, 1.807) is 24.8 Å². The molecule has 2 aliphatic heterocycles. The summed E-state index contributed by atoms with van der Waals surface area (Å²) in [6.07, 6.45) is 10.5. The Kier molecular flexibility index (Phi) is 6.36. The minimum atomic E-state index is -0.345. The van der Waals surface area contributed by atoms with Crippen molar-refractivity contribution in [2.75, 3.05) is 38.0 Å². The van der Waals surface area contributed by atoms with Crippen LogP contribution in [-0.4, -0.2) is 57.6 Å². The number of likely N-dealkylation sites (tertiary alicyclic amines) is 1. The van der Waals surface area contributed by atoms with Crippen molar-refractivity contribution in [2.24, 2.45) is 0 Å². The topological polar surface area (TPSA) is 93.4 Å². The van der Waals surface area contributed by atoms with Crippen molar-refractivity contribution < 1.29 is 9.53 Å². The van der Waals surface area contributed by atoms with E-state index in [0.717, 1.165) is 50.5 Å². The van der Waals surface area contributed by atoms with Gasteiger partial charge >= 0.3 is 0 Å². The number of carbonyl (C=O) groups excluding carboxylic acids is 1. The summed E-state index contributed by atoms with van der Waals surface area (Å²) < 4.78 is 10.3. The van der Waals surface area contributed by atoms with Crippen LogP contribution in [0.25, 0.3) is 16.6 Å². The number of imidazole rings is 1. The average molecular weight is 499 g/mol. The molecule has 4 aromatic rings. The number of benzene rings is 2. The molecule has 2 aromatic carbocycles. The lowest BCUT2D eigenvalue weighted by molar-refractivity contribution is 0.0948. The summed E-state index contributed by atoms with van der Waals surface area (Å²) in [4.78, 5) is 33.0. The van der Waals surface area contributed by atoms with Crippen LogP contribution in [0, 0.1) is 0 Å². The summed E-state index contributed by atoms with van der Waals surface area (Å²) in [6, 6.07) is 11.3. The maximum Gasteiger partial charge on any atom is 0.256 e. The molecule has 6 rings (SSSR count). The molecule has 0 saturated carbocycles. The standard InChI is InChI=1S/C28H30N6O3/c35-26-20-8-9-22(30-10-5-15-33-16-11-29-19-33)27-25(20)34(23-6-1-2-7-24(23)37-27)18-21(26)28(36)31-12-17-32-13-3-4-14-32/h1-2,6-9,11,16,18-19,30H,3-5,10,12-15,17H2,(H,31,36). The number of aromatic nitrogens is 3.